The predicted molar refractivity (Wildman–Crippen MR) is 72.8 cm³/mol. The zero-order valence-corrected chi connectivity index (χ0v) is 12.3. The first-order valence-electron chi connectivity index (χ1n) is 5.28. The molecule has 9 nitrogen and oxygen atoms in total. The summed E-state index contributed by atoms with van der Waals surface area (Å²) in [5, 5.41) is 33.1. The van der Waals surface area contributed by atoms with Gasteiger partial charge in [-0.3, -0.25) is 30.3 Å². The van der Waals surface area contributed by atoms with Crippen molar-refractivity contribution in [2.45, 2.75) is 26.2 Å². The molecule has 0 saturated carbocycles. The van der Waals surface area contributed by atoms with Gasteiger partial charge in [0.1, 0.15) is 5.56 Å². The van der Waals surface area contributed by atoms with E-state index in [1.807, 2.05) is 0 Å². The molecule has 0 aliphatic rings. The lowest BCUT2D eigenvalue weighted by molar-refractivity contribution is -0.405. The largest absolute Gasteiger partial charge is 0.301 e. The van der Waals surface area contributed by atoms with E-state index in [2.05, 4.69) is 15.9 Å². The second-order valence-corrected chi connectivity index (χ2v) is 5.77. The third-order valence-electron chi connectivity index (χ3n) is 2.53. The average molecular weight is 348 g/mol. The molecule has 20 heavy (non-hydrogen) atoms. The molecule has 0 saturated heterocycles. The number of benzene rings is 1. The molecule has 1 aromatic rings. The van der Waals surface area contributed by atoms with Gasteiger partial charge in [-0.1, -0.05) is 20.8 Å². The molecule has 0 N–H and O–H groups in total. The Labute approximate surface area is 121 Å². The fourth-order valence-electron chi connectivity index (χ4n) is 1.81. The predicted octanol–water partition coefficient (Wildman–Crippen LogP) is 3.47. The van der Waals surface area contributed by atoms with Crippen LogP contribution in [0.25, 0.3) is 0 Å². The van der Waals surface area contributed by atoms with Crippen LogP contribution in [0.15, 0.2) is 10.5 Å². The molecule has 0 fully saturated rings. The van der Waals surface area contributed by atoms with E-state index in [9.17, 15) is 30.3 Å². The number of halogens is 1. The number of hydrogen-bond acceptors (Lipinski definition) is 6. The lowest BCUT2D eigenvalue weighted by Crippen LogP contribution is -2.17. The summed E-state index contributed by atoms with van der Waals surface area (Å²) in [5.74, 6) is 0. The van der Waals surface area contributed by atoms with Gasteiger partial charge in [-0.05, 0) is 15.9 Å². The van der Waals surface area contributed by atoms with Crippen LogP contribution in [-0.2, 0) is 5.41 Å². The van der Waals surface area contributed by atoms with Crippen molar-refractivity contribution in [2.24, 2.45) is 0 Å². The highest BCUT2D eigenvalue weighted by molar-refractivity contribution is 9.10. The summed E-state index contributed by atoms with van der Waals surface area (Å²) in [7, 11) is 0. The first-order chi connectivity index (χ1) is 8.98. The van der Waals surface area contributed by atoms with Crippen LogP contribution in [0.4, 0.5) is 17.1 Å². The van der Waals surface area contributed by atoms with Crippen molar-refractivity contribution in [1.82, 2.24) is 0 Å². The van der Waals surface area contributed by atoms with Crippen molar-refractivity contribution in [3.05, 3.63) is 46.4 Å². The Morgan fingerprint density at radius 3 is 1.70 bits per heavy atom. The highest BCUT2D eigenvalue weighted by atomic mass is 79.9. The minimum atomic E-state index is -0.928. The molecule has 0 bridgehead atoms. The number of nitro benzene ring substituents is 3. The summed E-state index contributed by atoms with van der Waals surface area (Å²) in [6, 6.07) is 0.734. The van der Waals surface area contributed by atoms with Crippen LogP contribution in [0.1, 0.15) is 26.3 Å². The van der Waals surface area contributed by atoms with Crippen LogP contribution in [-0.4, -0.2) is 14.8 Å². The summed E-state index contributed by atoms with van der Waals surface area (Å²) >= 11 is 2.80. The fourth-order valence-corrected chi connectivity index (χ4v) is 2.41. The van der Waals surface area contributed by atoms with Crippen molar-refractivity contribution in [2.75, 3.05) is 0 Å². The molecular weight excluding hydrogens is 338 g/mol. The molecule has 0 atom stereocenters. The Hall–Kier alpha value is -2.10. The van der Waals surface area contributed by atoms with Crippen LogP contribution in [0, 0.1) is 30.3 Å². The number of nitro groups is 3. The summed E-state index contributed by atoms with van der Waals surface area (Å²) in [6.45, 7) is 4.67. The van der Waals surface area contributed by atoms with Gasteiger partial charge in [-0.2, -0.15) is 0 Å². The van der Waals surface area contributed by atoms with Crippen LogP contribution >= 0.6 is 15.9 Å². The highest BCUT2D eigenvalue weighted by Crippen LogP contribution is 2.46. The van der Waals surface area contributed by atoms with Crippen molar-refractivity contribution < 1.29 is 14.8 Å². The topological polar surface area (TPSA) is 129 Å². The van der Waals surface area contributed by atoms with E-state index in [-0.39, 0.29) is 10.0 Å². The van der Waals surface area contributed by atoms with Crippen molar-refractivity contribution in [1.29, 1.82) is 0 Å². The minimum Gasteiger partial charge on any atom is -0.258 e. The molecule has 0 unspecified atom stereocenters. The Balaban J connectivity index is 3.99. The van der Waals surface area contributed by atoms with E-state index in [1.165, 1.54) is 0 Å². The van der Waals surface area contributed by atoms with E-state index in [1.54, 1.807) is 20.8 Å². The minimum absolute atomic E-state index is 0.162. The maximum absolute atomic E-state index is 11.2. The summed E-state index contributed by atoms with van der Waals surface area (Å²) in [4.78, 5) is 30.5. The van der Waals surface area contributed by atoms with Gasteiger partial charge in [0.25, 0.3) is 11.4 Å². The number of rotatable bonds is 3. The average Bonchev–Trinajstić information content (AvgIpc) is 2.25. The Morgan fingerprint density at radius 1 is 0.950 bits per heavy atom. The first kappa shape index (κ1) is 16.0. The molecule has 0 radical (unpaired) electrons. The third kappa shape index (κ3) is 2.74. The Bertz CT molecular complexity index is 622. The SMILES string of the molecule is CC(C)(C)c1c([N+](=O)[O-])cc([N+](=O)[O-])c(Br)c1[N+](=O)[O-]. The molecule has 0 amide bonds. The highest BCUT2D eigenvalue weighted by Gasteiger charge is 2.40. The fraction of sp³-hybridized carbons (Fsp3) is 0.400. The van der Waals surface area contributed by atoms with Crippen LogP contribution in [0.2, 0.25) is 0 Å². The van der Waals surface area contributed by atoms with Gasteiger partial charge in [0.05, 0.1) is 20.8 Å². The molecule has 0 aliphatic carbocycles. The van der Waals surface area contributed by atoms with Crippen molar-refractivity contribution in [3.63, 3.8) is 0 Å². The molecule has 0 heterocycles. The zero-order chi connectivity index (χ0) is 15.8. The van der Waals surface area contributed by atoms with E-state index >= 15 is 0 Å². The van der Waals surface area contributed by atoms with Gasteiger partial charge in [0, 0.05) is 5.41 Å². The first-order valence-corrected chi connectivity index (χ1v) is 6.08. The van der Waals surface area contributed by atoms with Gasteiger partial charge in [-0.15, -0.1) is 0 Å². The quantitative estimate of drug-likeness (QED) is 0.607. The molecular formula is C10H10BrN3O6. The van der Waals surface area contributed by atoms with Gasteiger partial charge < -0.3 is 0 Å². The monoisotopic (exact) mass is 347 g/mol. The summed E-state index contributed by atoms with van der Waals surface area (Å²) in [6.07, 6.45) is 0. The van der Waals surface area contributed by atoms with E-state index in [0.29, 0.717) is 0 Å². The second kappa shape index (κ2) is 5.12. The zero-order valence-electron chi connectivity index (χ0n) is 10.7. The van der Waals surface area contributed by atoms with Gasteiger partial charge >= 0.3 is 5.69 Å². The molecule has 0 aliphatic heterocycles. The number of hydrogen-bond donors (Lipinski definition) is 0. The molecule has 0 aromatic heterocycles. The molecule has 0 spiro atoms. The van der Waals surface area contributed by atoms with Gasteiger partial charge in [-0.25, -0.2) is 0 Å². The summed E-state index contributed by atoms with van der Waals surface area (Å²) in [5.41, 5.74) is -3.10. The van der Waals surface area contributed by atoms with Crippen molar-refractivity contribution >= 4 is 33.0 Å². The Kier molecular flexibility index (Phi) is 4.08. The Morgan fingerprint density at radius 2 is 1.40 bits per heavy atom. The van der Waals surface area contributed by atoms with Crippen LogP contribution in [0.3, 0.4) is 0 Å². The molecule has 108 valence electrons. The van der Waals surface area contributed by atoms with E-state index in [4.69, 9.17) is 0 Å². The maximum Gasteiger partial charge on any atom is 0.301 e. The molecule has 1 rings (SSSR count). The maximum atomic E-state index is 11.2. The standard InChI is InChI=1S/C10H10BrN3O6/c1-10(2,3)7-5(12(15)16)4-6(13(17)18)8(11)9(7)14(19)20/h4H,1-3H3. The van der Waals surface area contributed by atoms with Gasteiger partial charge in [0.2, 0.25) is 0 Å². The lowest BCUT2D eigenvalue weighted by atomic mass is 9.84. The molecule has 1 aromatic carbocycles. The van der Waals surface area contributed by atoms with Crippen LogP contribution < -0.4 is 0 Å². The van der Waals surface area contributed by atoms with E-state index < -0.39 is 37.2 Å². The van der Waals surface area contributed by atoms with Gasteiger partial charge in [0.15, 0.2) is 4.47 Å². The van der Waals surface area contributed by atoms with E-state index in [0.717, 1.165) is 6.07 Å². The number of nitrogens with zero attached hydrogens (tertiary/aromatic N) is 3. The van der Waals surface area contributed by atoms with Crippen LogP contribution in [0.5, 0.6) is 0 Å². The lowest BCUT2D eigenvalue weighted by Gasteiger charge is -2.19. The second-order valence-electron chi connectivity index (χ2n) is 4.97. The molecule has 10 heteroatoms. The smallest absolute Gasteiger partial charge is 0.258 e. The normalized spacial score (nSPS) is 11.2. The summed E-state index contributed by atoms with van der Waals surface area (Å²) < 4.78 is -0.372. The third-order valence-corrected chi connectivity index (χ3v) is 3.31. The van der Waals surface area contributed by atoms with Crippen molar-refractivity contribution in [3.8, 4) is 0 Å².